The van der Waals surface area contributed by atoms with Crippen molar-refractivity contribution in [2.45, 2.75) is 31.8 Å². The molecule has 0 spiro atoms. The molecule has 6 nitrogen and oxygen atoms in total. The first-order valence-electron chi connectivity index (χ1n) is 9.53. The fourth-order valence-corrected chi connectivity index (χ4v) is 3.01. The highest BCUT2D eigenvalue weighted by Gasteiger charge is 2.21. The van der Waals surface area contributed by atoms with Crippen molar-refractivity contribution in [3.63, 3.8) is 0 Å². The first kappa shape index (κ1) is 17.5. The van der Waals surface area contributed by atoms with Gasteiger partial charge in [-0.05, 0) is 43.5 Å². The number of nitrogens with zero attached hydrogens (tertiary/aromatic N) is 2. The zero-order valence-electron chi connectivity index (χ0n) is 15.3. The summed E-state index contributed by atoms with van der Waals surface area (Å²) in [5.41, 5.74) is 3.11. The molecule has 3 aromatic rings. The van der Waals surface area contributed by atoms with Crippen LogP contribution in [0.2, 0.25) is 0 Å². The van der Waals surface area contributed by atoms with E-state index >= 15 is 0 Å². The lowest BCUT2D eigenvalue weighted by atomic mass is 10.2. The Balaban J connectivity index is 1.53. The van der Waals surface area contributed by atoms with Gasteiger partial charge in [-0.2, -0.15) is 0 Å². The maximum Gasteiger partial charge on any atom is 0.150 e. The van der Waals surface area contributed by atoms with Crippen molar-refractivity contribution in [1.29, 1.82) is 0 Å². The summed E-state index contributed by atoms with van der Waals surface area (Å²) in [5, 5.41) is 20.4. The van der Waals surface area contributed by atoms with Gasteiger partial charge in [-0.3, -0.25) is 0 Å². The van der Waals surface area contributed by atoms with Gasteiger partial charge in [-0.25, -0.2) is 9.97 Å². The van der Waals surface area contributed by atoms with Gasteiger partial charge >= 0.3 is 0 Å². The summed E-state index contributed by atoms with van der Waals surface area (Å²) >= 11 is 0. The number of fused-ring (bicyclic) bond motifs is 1. The van der Waals surface area contributed by atoms with Gasteiger partial charge in [-0.15, -0.1) is 0 Å². The summed E-state index contributed by atoms with van der Waals surface area (Å²) in [6.45, 7) is 1.39. The standard InChI is InChI=1S/C21H25N5O/c27-13-5-12-22-21-16-6-1-2-7-17(16)25-20(26-21)14-23-18-8-3-4-9-19(18)24-15-10-11-15/h1-4,6-9,15,23-24,27H,5,10-14H2,(H,22,25,26). The second-order valence-corrected chi connectivity index (χ2v) is 6.83. The second kappa shape index (κ2) is 8.22. The Hall–Kier alpha value is -2.86. The van der Waals surface area contributed by atoms with Gasteiger partial charge < -0.3 is 21.1 Å². The molecule has 4 rings (SSSR count). The zero-order chi connectivity index (χ0) is 18.5. The van der Waals surface area contributed by atoms with Gasteiger partial charge in [0.1, 0.15) is 11.6 Å². The third-order valence-electron chi connectivity index (χ3n) is 4.58. The normalized spacial score (nSPS) is 13.5. The highest BCUT2D eigenvalue weighted by molar-refractivity contribution is 5.89. The van der Waals surface area contributed by atoms with Crippen molar-refractivity contribution < 1.29 is 5.11 Å². The first-order chi connectivity index (χ1) is 13.3. The van der Waals surface area contributed by atoms with Crippen molar-refractivity contribution in [2.24, 2.45) is 0 Å². The van der Waals surface area contributed by atoms with E-state index in [9.17, 15) is 0 Å². The first-order valence-corrected chi connectivity index (χ1v) is 9.53. The lowest BCUT2D eigenvalue weighted by Gasteiger charge is -2.14. The van der Waals surface area contributed by atoms with Gasteiger partial charge in [0, 0.05) is 24.6 Å². The minimum atomic E-state index is 0.162. The summed E-state index contributed by atoms with van der Waals surface area (Å²) in [6, 6.07) is 16.8. The molecule has 1 fully saturated rings. The number of rotatable bonds is 9. The minimum Gasteiger partial charge on any atom is -0.396 e. The third-order valence-corrected chi connectivity index (χ3v) is 4.58. The van der Waals surface area contributed by atoms with Gasteiger partial charge in [0.15, 0.2) is 0 Å². The molecule has 0 radical (unpaired) electrons. The highest BCUT2D eigenvalue weighted by Crippen LogP contribution is 2.29. The van der Waals surface area contributed by atoms with E-state index in [1.165, 1.54) is 12.8 Å². The summed E-state index contributed by atoms with van der Waals surface area (Å²) < 4.78 is 0. The number of aliphatic hydroxyl groups is 1. The maximum absolute atomic E-state index is 9.03. The third kappa shape index (κ3) is 4.46. The second-order valence-electron chi connectivity index (χ2n) is 6.83. The van der Waals surface area contributed by atoms with Crippen LogP contribution in [0.15, 0.2) is 48.5 Å². The van der Waals surface area contributed by atoms with Gasteiger partial charge in [-0.1, -0.05) is 24.3 Å². The van der Waals surface area contributed by atoms with Crippen LogP contribution in [0.25, 0.3) is 10.9 Å². The van der Waals surface area contributed by atoms with E-state index in [1.54, 1.807) is 0 Å². The Labute approximate surface area is 159 Å². The summed E-state index contributed by atoms with van der Waals surface area (Å²) in [5.74, 6) is 1.55. The SMILES string of the molecule is OCCCNc1nc(CNc2ccccc2NC2CC2)nc2ccccc12. The maximum atomic E-state index is 9.03. The van der Waals surface area contributed by atoms with E-state index in [1.807, 2.05) is 36.4 Å². The number of aromatic nitrogens is 2. The zero-order valence-corrected chi connectivity index (χ0v) is 15.3. The van der Waals surface area contributed by atoms with E-state index in [2.05, 4.69) is 28.1 Å². The van der Waals surface area contributed by atoms with E-state index in [0.29, 0.717) is 25.6 Å². The fraction of sp³-hybridized carbons (Fsp3) is 0.333. The monoisotopic (exact) mass is 363 g/mol. The van der Waals surface area contributed by atoms with Crippen LogP contribution < -0.4 is 16.0 Å². The van der Waals surface area contributed by atoms with E-state index in [-0.39, 0.29) is 6.61 Å². The van der Waals surface area contributed by atoms with Crippen LogP contribution in [-0.2, 0) is 6.54 Å². The summed E-state index contributed by atoms with van der Waals surface area (Å²) in [7, 11) is 0. The molecule has 1 heterocycles. The smallest absolute Gasteiger partial charge is 0.150 e. The molecule has 1 aromatic heterocycles. The number of hydrogen-bond acceptors (Lipinski definition) is 6. The topological polar surface area (TPSA) is 82.1 Å². The van der Waals surface area contributed by atoms with Crippen molar-refractivity contribution >= 4 is 28.1 Å². The number of hydrogen-bond donors (Lipinski definition) is 4. The molecular formula is C21H25N5O. The Kier molecular flexibility index (Phi) is 5.34. The molecule has 0 saturated heterocycles. The quantitative estimate of drug-likeness (QED) is 0.435. The van der Waals surface area contributed by atoms with Gasteiger partial charge in [0.25, 0.3) is 0 Å². The summed E-state index contributed by atoms with van der Waals surface area (Å²) in [4.78, 5) is 9.40. The van der Waals surface area contributed by atoms with Crippen LogP contribution in [0.5, 0.6) is 0 Å². The molecule has 6 heteroatoms. The van der Waals surface area contributed by atoms with E-state index in [0.717, 1.165) is 33.9 Å². The molecule has 1 aliphatic carbocycles. The Bertz CT molecular complexity index is 910. The lowest BCUT2D eigenvalue weighted by molar-refractivity contribution is 0.292. The Morgan fingerprint density at radius 3 is 2.52 bits per heavy atom. The van der Waals surface area contributed by atoms with Crippen LogP contribution in [0.3, 0.4) is 0 Å². The molecule has 0 unspecified atom stereocenters. The number of para-hydroxylation sites is 3. The van der Waals surface area contributed by atoms with Crippen LogP contribution in [0.4, 0.5) is 17.2 Å². The molecule has 0 bridgehead atoms. The van der Waals surface area contributed by atoms with Crippen molar-refractivity contribution in [1.82, 2.24) is 9.97 Å². The van der Waals surface area contributed by atoms with Gasteiger partial charge in [0.2, 0.25) is 0 Å². The molecule has 0 aliphatic heterocycles. The number of nitrogens with one attached hydrogen (secondary N) is 3. The molecule has 27 heavy (non-hydrogen) atoms. The van der Waals surface area contributed by atoms with Crippen LogP contribution in [-0.4, -0.2) is 34.3 Å². The van der Waals surface area contributed by atoms with Crippen LogP contribution >= 0.6 is 0 Å². The number of anilines is 3. The number of benzene rings is 2. The molecule has 140 valence electrons. The fourth-order valence-electron chi connectivity index (χ4n) is 3.01. The molecule has 1 aliphatic rings. The average Bonchev–Trinajstić information content (AvgIpc) is 3.51. The van der Waals surface area contributed by atoms with E-state index in [4.69, 9.17) is 15.1 Å². The minimum absolute atomic E-state index is 0.162. The number of aliphatic hydroxyl groups excluding tert-OH is 1. The highest BCUT2D eigenvalue weighted by atomic mass is 16.3. The van der Waals surface area contributed by atoms with Crippen molar-refractivity contribution in [3.05, 3.63) is 54.4 Å². The van der Waals surface area contributed by atoms with Crippen LogP contribution in [0.1, 0.15) is 25.1 Å². The molecule has 4 N–H and O–H groups in total. The van der Waals surface area contributed by atoms with Crippen LogP contribution in [0, 0.1) is 0 Å². The largest absolute Gasteiger partial charge is 0.396 e. The average molecular weight is 363 g/mol. The predicted molar refractivity (Wildman–Crippen MR) is 110 cm³/mol. The predicted octanol–water partition coefficient (Wildman–Crippen LogP) is 3.61. The van der Waals surface area contributed by atoms with Gasteiger partial charge in [0.05, 0.1) is 23.4 Å². The lowest BCUT2D eigenvalue weighted by Crippen LogP contribution is -2.11. The molecule has 0 atom stereocenters. The molecule has 1 saturated carbocycles. The van der Waals surface area contributed by atoms with E-state index < -0.39 is 0 Å². The Morgan fingerprint density at radius 1 is 0.926 bits per heavy atom. The molecule has 0 amide bonds. The Morgan fingerprint density at radius 2 is 1.70 bits per heavy atom. The van der Waals surface area contributed by atoms with Crippen molar-refractivity contribution in [3.8, 4) is 0 Å². The summed E-state index contributed by atoms with van der Waals surface area (Å²) in [6.07, 6.45) is 3.17. The molecular weight excluding hydrogens is 338 g/mol. The molecule has 2 aromatic carbocycles. The van der Waals surface area contributed by atoms with Crippen molar-refractivity contribution in [2.75, 3.05) is 29.1 Å².